The van der Waals surface area contributed by atoms with Crippen molar-refractivity contribution >= 4 is 29.9 Å². The summed E-state index contributed by atoms with van der Waals surface area (Å²) in [5, 5.41) is 3.38. The lowest BCUT2D eigenvalue weighted by Crippen LogP contribution is -2.42. The van der Waals surface area contributed by atoms with Gasteiger partial charge in [-0.05, 0) is 38.8 Å². The van der Waals surface area contributed by atoms with E-state index < -0.39 is 0 Å². The van der Waals surface area contributed by atoms with E-state index in [1.165, 1.54) is 51.5 Å². The van der Waals surface area contributed by atoms with Crippen molar-refractivity contribution in [1.29, 1.82) is 0 Å². The van der Waals surface area contributed by atoms with Crippen molar-refractivity contribution < 1.29 is 0 Å². The predicted molar refractivity (Wildman–Crippen MR) is 92.2 cm³/mol. The summed E-state index contributed by atoms with van der Waals surface area (Å²) in [6, 6.07) is 1.18. The number of likely N-dealkylation sites (N-methyl/N-ethyl adjacent to an activating group) is 1. The number of hydrogen-bond donors (Lipinski definition) is 2. The van der Waals surface area contributed by atoms with Gasteiger partial charge in [0.05, 0.1) is 6.54 Å². The number of rotatable bonds is 4. The molecule has 1 saturated carbocycles. The summed E-state index contributed by atoms with van der Waals surface area (Å²) in [5.74, 6) is 0.657. The Labute approximate surface area is 134 Å². The van der Waals surface area contributed by atoms with Crippen LogP contribution in [-0.4, -0.2) is 42.6 Å². The third-order valence-corrected chi connectivity index (χ3v) is 4.33. The van der Waals surface area contributed by atoms with E-state index in [1.54, 1.807) is 0 Å². The molecule has 4 nitrogen and oxygen atoms in total. The van der Waals surface area contributed by atoms with Crippen LogP contribution in [0.4, 0.5) is 0 Å². The fourth-order valence-electron chi connectivity index (χ4n) is 3.22. The second-order valence-corrected chi connectivity index (χ2v) is 5.63. The molecule has 1 unspecified atom stereocenters. The van der Waals surface area contributed by atoms with E-state index in [2.05, 4.69) is 22.1 Å². The zero-order valence-electron chi connectivity index (χ0n) is 12.1. The third kappa shape index (κ3) is 5.45. The molecule has 1 heterocycles. The Morgan fingerprint density at radius 2 is 1.95 bits per heavy atom. The summed E-state index contributed by atoms with van der Waals surface area (Å²) < 4.78 is 0. The minimum atomic E-state index is 0. The van der Waals surface area contributed by atoms with E-state index in [0.717, 1.165) is 13.1 Å². The van der Waals surface area contributed by atoms with Crippen molar-refractivity contribution in [2.24, 2.45) is 10.7 Å². The van der Waals surface area contributed by atoms with Gasteiger partial charge < -0.3 is 11.1 Å². The number of guanidine groups is 1. The van der Waals surface area contributed by atoms with E-state index in [4.69, 9.17) is 5.73 Å². The molecule has 1 aliphatic heterocycles. The largest absolute Gasteiger partial charge is 0.370 e. The molecule has 0 radical (unpaired) electrons. The second kappa shape index (κ2) is 9.00. The molecular weight excluding hydrogens is 351 g/mol. The Balaban J connectivity index is 0.00000180. The molecule has 0 amide bonds. The first-order chi connectivity index (χ1) is 8.79. The summed E-state index contributed by atoms with van der Waals surface area (Å²) >= 11 is 0. The maximum Gasteiger partial charge on any atom is 0.188 e. The van der Waals surface area contributed by atoms with Crippen LogP contribution in [0.5, 0.6) is 0 Å². The average molecular weight is 380 g/mol. The average Bonchev–Trinajstić information content (AvgIpc) is 2.85. The molecule has 1 aliphatic carbocycles. The number of likely N-dealkylation sites (tertiary alicyclic amines) is 1. The van der Waals surface area contributed by atoms with Crippen LogP contribution in [0, 0.1) is 0 Å². The highest BCUT2D eigenvalue weighted by molar-refractivity contribution is 14.0. The van der Waals surface area contributed by atoms with Crippen LogP contribution in [0.15, 0.2) is 4.99 Å². The van der Waals surface area contributed by atoms with Crippen molar-refractivity contribution in [3.63, 3.8) is 0 Å². The molecule has 1 atom stereocenters. The first-order valence-electron chi connectivity index (χ1n) is 7.60. The second-order valence-electron chi connectivity index (χ2n) is 5.63. The quantitative estimate of drug-likeness (QED) is 0.447. The van der Waals surface area contributed by atoms with Gasteiger partial charge in [0.25, 0.3) is 0 Å². The third-order valence-electron chi connectivity index (χ3n) is 4.33. The predicted octanol–water partition coefficient (Wildman–Crippen LogP) is 2.33. The van der Waals surface area contributed by atoms with E-state index >= 15 is 0 Å². The number of nitrogens with zero attached hydrogens (tertiary/aromatic N) is 2. The molecule has 0 bridgehead atoms. The van der Waals surface area contributed by atoms with Crippen molar-refractivity contribution in [2.75, 3.05) is 19.6 Å². The van der Waals surface area contributed by atoms with Gasteiger partial charge >= 0.3 is 0 Å². The summed E-state index contributed by atoms with van der Waals surface area (Å²) in [7, 11) is 0. The zero-order chi connectivity index (χ0) is 12.8. The lowest BCUT2D eigenvalue weighted by atomic mass is 9.96. The molecule has 112 valence electrons. The minimum Gasteiger partial charge on any atom is -0.370 e. The van der Waals surface area contributed by atoms with Gasteiger partial charge in [0.2, 0.25) is 0 Å². The molecular formula is C14H29IN4. The van der Waals surface area contributed by atoms with Gasteiger partial charge in [0, 0.05) is 12.1 Å². The van der Waals surface area contributed by atoms with Gasteiger partial charge in [-0.2, -0.15) is 0 Å². The number of nitrogens with one attached hydrogen (secondary N) is 1. The molecule has 2 rings (SSSR count). The maximum absolute atomic E-state index is 5.99. The Kier molecular flexibility index (Phi) is 8.06. The van der Waals surface area contributed by atoms with Crippen molar-refractivity contribution in [3.05, 3.63) is 0 Å². The normalized spacial score (nSPS) is 26.2. The molecule has 0 aromatic carbocycles. The number of aliphatic imine (C=N–C) groups is 1. The van der Waals surface area contributed by atoms with E-state index in [-0.39, 0.29) is 24.0 Å². The molecule has 0 spiro atoms. The van der Waals surface area contributed by atoms with Crippen LogP contribution >= 0.6 is 24.0 Å². The molecule has 2 aliphatic rings. The van der Waals surface area contributed by atoms with E-state index in [1.807, 2.05) is 0 Å². The van der Waals surface area contributed by atoms with Crippen LogP contribution in [0.3, 0.4) is 0 Å². The van der Waals surface area contributed by atoms with Gasteiger partial charge in [0.15, 0.2) is 5.96 Å². The highest BCUT2D eigenvalue weighted by atomic mass is 127. The van der Waals surface area contributed by atoms with Crippen molar-refractivity contribution in [1.82, 2.24) is 10.2 Å². The van der Waals surface area contributed by atoms with Crippen molar-refractivity contribution in [3.8, 4) is 0 Å². The maximum atomic E-state index is 5.99. The fraction of sp³-hybridized carbons (Fsp3) is 0.929. The van der Waals surface area contributed by atoms with Gasteiger partial charge in [-0.3, -0.25) is 9.89 Å². The van der Waals surface area contributed by atoms with Crippen LogP contribution in [-0.2, 0) is 0 Å². The topological polar surface area (TPSA) is 53.6 Å². The first-order valence-corrected chi connectivity index (χ1v) is 7.60. The summed E-state index contributed by atoms with van der Waals surface area (Å²) in [6.07, 6.45) is 9.12. The van der Waals surface area contributed by atoms with Gasteiger partial charge in [-0.1, -0.05) is 26.2 Å². The van der Waals surface area contributed by atoms with Crippen LogP contribution in [0.2, 0.25) is 0 Å². The van der Waals surface area contributed by atoms with E-state index in [9.17, 15) is 0 Å². The Bertz CT molecular complexity index is 277. The van der Waals surface area contributed by atoms with E-state index in [0.29, 0.717) is 18.0 Å². The van der Waals surface area contributed by atoms with Crippen LogP contribution in [0.1, 0.15) is 51.9 Å². The highest BCUT2D eigenvalue weighted by Crippen LogP contribution is 2.18. The molecule has 3 N–H and O–H groups in total. The standard InChI is InChI=1S/C14H28N4.HI/c1-2-18-10-6-9-13(18)11-16-14(15)17-12-7-4-3-5-8-12;/h12-13H,2-11H2,1H3,(H3,15,16,17);1H. The fourth-order valence-corrected chi connectivity index (χ4v) is 3.22. The first kappa shape index (κ1) is 17.0. The molecule has 5 heteroatoms. The minimum absolute atomic E-state index is 0. The molecule has 0 aromatic heterocycles. The van der Waals surface area contributed by atoms with Crippen LogP contribution in [0.25, 0.3) is 0 Å². The molecule has 2 fully saturated rings. The lowest BCUT2D eigenvalue weighted by Gasteiger charge is -2.24. The molecule has 19 heavy (non-hydrogen) atoms. The van der Waals surface area contributed by atoms with Gasteiger partial charge in [-0.15, -0.1) is 24.0 Å². The van der Waals surface area contributed by atoms with Gasteiger partial charge in [0.1, 0.15) is 0 Å². The number of hydrogen-bond acceptors (Lipinski definition) is 2. The zero-order valence-corrected chi connectivity index (χ0v) is 14.4. The van der Waals surface area contributed by atoms with Crippen molar-refractivity contribution in [2.45, 2.75) is 64.0 Å². The molecule has 0 aromatic rings. The highest BCUT2D eigenvalue weighted by Gasteiger charge is 2.22. The summed E-state index contributed by atoms with van der Waals surface area (Å²) in [6.45, 7) is 5.45. The lowest BCUT2D eigenvalue weighted by molar-refractivity contribution is 0.273. The Morgan fingerprint density at radius 1 is 1.21 bits per heavy atom. The number of nitrogens with two attached hydrogens (primary N) is 1. The Hall–Kier alpha value is -0.0400. The Morgan fingerprint density at radius 3 is 2.63 bits per heavy atom. The summed E-state index contributed by atoms with van der Waals surface area (Å²) in [4.78, 5) is 7.05. The SMILES string of the molecule is CCN1CCCC1CN=C(N)NC1CCCCC1.I. The number of halogens is 1. The van der Waals surface area contributed by atoms with Crippen LogP contribution < -0.4 is 11.1 Å². The molecule has 1 saturated heterocycles. The summed E-state index contributed by atoms with van der Waals surface area (Å²) in [5.41, 5.74) is 5.99. The smallest absolute Gasteiger partial charge is 0.188 e. The van der Waals surface area contributed by atoms with Gasteiger partial charge in [-0.25, -0.2) is 0 Å². The monoisotopic (exact) mass is 380 g/mol.